The van der Waals surface area contributed by atoms with Gasteiger partial charge in [0.05, 0.1) is 27.3 Å². The van der Waals surface area contributed by atoms with E-state index in [-0.39, 0.29) is 6.61 Å². The standard InChI is InChI=1S/C21H16IN3O2/c1-4-7-27-20-16(22)10-14(11-19(20)26-3)9-15(12-23)21-24-17-6-5-13(2)8-18(17)25-21/h1,5-6,8-11H,7H2,2-3H3,(H,24,25)/b15-9-. The number of rotatable bonds is 5. The van der Waals surface area contributed by atoms with E-state index in [1.54, 1.807) is 19.3 Å². The number of hydrogen-bond donors (Lipinski definition) is 1. The number of aryl methyl sites for hydroxylation is 1. The van der Waals surface area contributed by atoms with Gasteiger partial charge in [-0.1, -0.05) is 12.0 Å². The number of benzene rings is 2. The van der Waals surface area contributed by atoms with Crippen LogP contribution in [0.1, 0.15) is 17.0 Å². The molecule has 0 bridgehead atoms. The number of aromatic nitrogens is 2. The summed E-state index contributed by atoms with van der Waals surface area (Å²) in [6.45, 7) is 2.17. The van der Waals surface area contributed by atoms with Crippen molar-refractivity contribution in [2.24, 2.45) is 0 Å². The molecule has 1 N–H and O–H groups in total. The highest BCUT2D eigenvalue weighted by Gasteiger charge is 2.13. The normalized spacial score (nSPS) is 11.1. The molecule has 0 saturated heterocycles. The Bertz CT molecular complexity index is 1120. The first-order valence-electron chi connectivity index (χ1n) is 8.08. The predicted molar refractivity (Wildman–Crippen MR) is 114 cm³/mol. The molecule has 0 unspecified atom stereocenters. The number of halogens is 1. The predicted octanol–water partition coefficient (Wildman–Crippen LogP) is 4.56. The smallest absolute Gasteiger partial charge is 0.175 e. The third-order valence-electron chi connectivity index (χ3n) is 3.88. The van der Waals surface area contributed by atoms with E-state index in [0.717, 1.165) is 25.7 Å². The summed E-state index contributed by atoms with van der Waals surface area (Å²) >= 11 is 2.15. The lowest BCUT2D eigenvalue weighted by molar-refractivity contribution is 0.328. The molecule has 5 nitrogen and oxygen atoms in total. The number of fused-ring (bicyclic) bond motifs is 1. The van der Waals surface area contributed by atoms with Crippen molar-refractivity contribution in [2.75, 3.05) is 13.7 Å². The molecule has 134 valence electrons. The highest BCUT2D eigenvalue weighted by molar-refractivity contribution is 14.1. The number of imidazole rings is 1. The first-order valence-corrected chi connectivity index (χ1v) is 9.16. The maximum atomic E-state index is 9.63. The van der Waals surface area contributed by atoms with Crippen molar-refractivity contribution in [2.45, 2.75) is 6.92 Å². The van der Waals surface area contributed by atoms with E-state index in [1.807, 2.05) is 31.2 Å². The Morgan fingerprint density at radius 3 is 2.89 bits per heavy atom. The lowest BCUT2D eigenvalue weighted by Crippen LogP contribution is -1.99. The summed E-state index contributed by atoms with van der Waals surface area (Å²) in [6, 6.07) is 11.8. The van der Waals surface area contributed by atoms with Crippen LogP contribution in [0.25, 0.3) is 22.7 Å². The van der Waals surface area contributed by atoms with Gasteiger partial charge in [0.2, 0.25) is 0 Å². The molecule has 0 aliphatic rings. The van der Waals surface area contributed by atoms with Gasteiger partial charge >= 0.3 is 0 Å². The van der Waals surface area contributed by atoms with Crippen LogP contribution >= 0.6 is 22.6 Å². The number of H-pyrrole nitrogens is 1. The van der Waals surface area contributed by atoms with Crippen molar-refractivity contribution in [1.29, 1.82) is 5.26 Å². The number of nitrogens with one attached hydrogen (secondary N) is 1. The van der Waals surface area contributed by atoms with Crippen molar-refractivity contribution in [3.63, 3.8) is 0 Å². The van der Waals surface area contributed by atoms with Crippen LogP contribution in [0.3, 0.4) is 0 Å². The van der Waals surface area contributed by atoms with Crippen LogP contribution in [0.5, 0.6) is 11.5 Å². The molecule has 0 aliphatic carbocycles. The monoisotopic (exact) mass is 469 g/mol. The number of nitrogens with zero attached hydrogens (tertiary/aromatic N) is 2. The van der Waals surface area contributed by atoms with Gasteiger partial charge in [0.15, 0.2) is 11.5 Å². The fourth-order valence-electron chi connectivity index (χ4n) is 2.65. The first kappa shape index (κ1) is 18.8. The third kappa shape index (κ3) is 4.07. The number of hydrogen-bond acceptors (Lipinski definition) is 4. The van der Waals surface area contributed by atoms with E-state index in [4.69, 9.17) is 15.9 Å². The van der Waals surface area contributed by atoms with E-state index in [2.05, 4.69) is 44.5 Å². The average molecular weight is 469 g/mol. The Morgan fingerprint density at radius 2 is 2.19 bits per heavy atom. The second kappa shape index (κ2) is 8.15. The topological polar surface area (TPSA) is 70.9 Å². The number of aromatic amines is 1. The van der Waals surface area contributed by atoms with E-state index >= 15 is 0 Å². The molecule has 0 saturated carbocycles. The lowest BCUT2D eigenvalue weighted by Gasteiger charge is -2.12. The number of terminal acetylenes is 1. The lowest BCUT2D eigenvalue weighted by atomic mass is 10.1. The Labute approximate surface area is 171 Å². The Kier molecular flexibility index (Phi) is 5.68. The summed E-state index contributed by atoms with van der Waals surface area (Å²) in [5.41, 5.74) is 4.08. The Morgan fingerprint density at radius 1 is 1.37 bits per heavy atom. The van der Waals surface area contributed by atoms with E-state index in [9.17, 15) is 5.26 Å². The van der Waals surface area contributed by atoms with Crippen molar-refractivity contribution >= 4 is 45.3 Å². The van der Waals surface area contributed by atoms with Crippen LogP contribution in [-0.4, -0.2) is 23.7 Å². The average Bonchev–Trinajstić information content (AvgIpc) is 3.07. The van der Waals surface area contributed by atoms with Gasteiger partial charge < -0.3 is 14.5 Å². The van der Waals surface area contributed by atoms with Crippen molar-refractivity contribution in [3.8, 4) is 29.9 Å². The van der Waals surface area contributed by atoms with Gasteiger partial charge in [0.25, 0.3) is 0 Å². The minimum atomic E-state index is 0.156. The summed E-state index contributed by atoms with van der Waals surface area (Å²) in [6.07, 6.45) is 7.03. The molecular formula is C21H16IN3O2. The fraction of sp³-hybridized carbons (Fsp3) is 0.143. The van der Waals surface area contributed by atoms with Gasteiger partial charge in [-0.15, -0.1) is 6.42 Å². The number of methoxy groups -OCH3 is 1. The molecule has 0 radical (unpaired) electrons. The van der Waals surface area contributed by atoms with Gasteiger partial charge in [-0.05, 0) is 71.0 Å². The van der Waals surface area contributed by atoms with Crippen molar-refractivity contribution < 1.29 is 9.47 Å². The molecule has 0 fully saturated rings. The summed E-state index contributed by atoms with van der Waals surface area (Å²) in [4.78, 5) is 7.73. The molecule has 0 atom stereocenters. The maximum Gasteiger partial charge on any atom is 0.175 e. The highest BCUT2D eigenvalue weighted by atomic mass is 127. The highest BCUT2D eigenvalue weighted by Crippen LogP contribution is 2.35. The summed E-state index contributed by atoms with van der Waals surface area (Å²) in [5.74, 6) is 4.11. The zero-order valence-electron chi connectivity index (χ0n) is 14.8. The van der Waals surface area contributed by atoms with E-state index < -0.39 is 0 Å². The molecule has 0 spiro atoms. The van der Waals surface area contributed by atoms with Gasteiger partial charge in [0.1, 0.15) is 18.5 Å². The van der Waals surface area contributed by atoms with E-state index in [0.29, 0.717) is 22.9 Å². The Balaban J connectivity index is 2.03. The van der Waals surface area contributed by atoms with Gasteiger partial charge in [-0.25, -0.2) is 4.98 Å². The molecule has 2 aromatic carbocycles. The summed E-state index contributed by atoms with van der Waals surface area (Å²) in [7, 11) is 1.56. The number of allylic oxidation sites excluding steroid dienone is 1. The molecular weight excluding hydrogens is 453 g/mol. The Hall–Kier alpha value is -2.97. The molecule has 3 rings (SSSR count). The third-order valence-corrected chi connectivity index (χ3v) is 4.68. The van der Waals surface area contributed by atoms with Crippen LogP contribution in [-0.2, 0) is 0 Å². The van der Waals surface area contributed by atoms with Crippen LogP contribution < -0.4 is 9.47 Å². The number of nitriles is 1. The minimum absolute atomic E-state index is 0.156. The second-order valence-corrected chi connectivity index (χ2v) is 6.96. The molecule has 3 aromatic rings. The maximum absolute atomic E-state index is 9.63. The molecule has 1 aromatic heterocycles. The van der Waals surface area contributed by atoms with Crippen LogP contribution in [0.15, 0.2) is 30.3 Å². The van der Waals surface area contributed by atoms with Gasteiger partial charge in [-0.3, -0.25) is 0 Å². The molecule has 6 heteroatoms. The molecule has 0 aliphatic heterocycles. The second-order valence-electron chi connectivity index (χ2n) is 5.80. The number of ether oxygens (including phenoxy) is 2. The van der Waals surface area contributed by atoms with Gasteiger partial charge in [-0.2, -0.15) is 5.26 Å². The van der Waals surface area contributed by atoms with E-state index in [1.165, 1.54) is 0 Å². The van der Waals surface area contributed by atoms with Crippen LogP contribution in [0.2, 0.25) is 0 Å². The zero-order valence-corrected chi connectivity index (χ0v) is 17.0. The zero-order chi connectivity index (χ0) is 19.4. The first-order chi connectivity index (χ1) is 13.0. The van der Waals surface area contributed by atoms with Gasteiger partial charge in [0, 0.05) is 0 Å². The molecule has 0 amide bonds. The van der Waals surface area contributed by atoms with Crippen LogP contribution in [0.4, 0.5) is 0 Å². The van der Waals surface area contributed by atoms with Crippen LogP contribution in [0, 0.1) is 34.2 Å². The largest absolute Gasteiger partial charge is 0.493 e. The van der Waals surface area contributed by atoms with Crippen molar-refractivity contribution in [1.82, 2.24) is 9.97 Å². The molecule has 1 heterocycles. The SMILES string of the molecule is C#CCOc1c(I)cc(/C=C(/C#N)c2nc3ccc(C)cc3[nH]2)cc1OC. The molecule has 27 heavy (non-hydrogen) atoms. The van der Waals surface area contributed by atoms with Crippen molar-refractivity contribution in [3.05, 3.63) is 50.9 Å². The summed E-state index contributed by atoms with van der Waals surface area (Å²) < 4.78 is 11.8. The minimum Gasteiger partial charge on any atom is -0.493 e. The summed E-state index contributed by atoms with van der Waals surface area (Å²) in [5, 5.41) is 9.63. The fourth-order valence-corrected chi connectivity index (χ4v) is 3.43. The quantitative estimate of drug-likeness (QED) is 0.338.